The van der Waals surface area contributed by atoms with Crippen LogP contribution < -0.4 is 79.8 Å². The maximum atomic E-state index is 13.5. The van der Waals surface area contributed by atoms with E-state index in [9.17, 15) is 93.4 Å². The van der Waals surface area contributed by atoms with Crippen LogP contribution in [0.25, 0.3) is 0 Å². The summed E-state index contributed by atoms with van der Waals surface area (Å²) in [5, 5.41) is 21.3. The largest absolute Gasteiger partial charge is 0.573 e. The van der Waals surface area contributed by atoms with Crippen LogP contribution >= 0.6 is 36.7 Å². The van der Waals surface area contributed by atoms with Gasteiger partial charge in [0, 0.05) is 158 Å². The van der Waals surface area contributed by atoms with Crippen LogP contribution in [0.3, 0.4) is 0 Å². The topological polar surface area (TPSA) is 238 Å². The highest BCUT2D eigenvalue weighted by Gasteiger charge is 2.41. The van der Waals surface area contributed by atoms with E-state index in [0.29, 0.717) is 119 Å². The molecule has 3 saturated carbocycles. The van der Waals surface area contributed by atoms with Crippen LogP contribution in [-0.2, 0) is 4.79 Å². The molecular weight excluding hydrogens is 1880 g/mol. The SMILES string of the molecule is CN1CCN(CCCC(=O)C2CC(NC(=S)Nc3cccc(OC(F)(F)F)c3)CCC2Oc2ccc(OC(F)(F)F)cc2)CC1.CN1CCN(CCCC(=O)c2cc(OC(F)(F)F)ccc2OC2CCC(NC(=S)Nc3cccc(OC(F)(F)F)c3)CC2)CC1.CN1CCN(CCNC(=O)c2cc(OC3CCC(NC(=S)Nc4cccc(OC(F)(F)F)c4)CC3)ccc2OC(F)(F)F)CC1. The van der Waals surface area contributed by atoms with E-state index in [1.165, 1.54) is 84.9 Å². The van der Waals surface area contributed by atoms with Gasteiger partial charge in [0.25, 0.3) is 5.91 Å². The Morgan fingerprint density at radius 2 is 0.711 bits per heavy atom. The van der Waals surface area contributed by atoms with Crippen molar-refractivity contribution in [2.75, 3.05) is 142 Å². The monoisotopic (exact) mass is 1990 g/mol. The van der Waals surface area contributed by atoms with Crippen molar-refractivity contribution in [2.45, 2.75) is 171 Å². The third-order valence-corrected chi connectivity index (χ3v) is 23.3. The predicted molar refractivity (Wildman–Crippen MR) is 478 cm³/mol. The molecule has 0 spiro atoms. The minimum absolute atomic E-state index is 0.0218. The number of anilines is 3. The highest BCUT2D eigenvalue weighted by atomic mass is 32.1. The number of piperazine rings is 3. The molecule has 12 rings (SSSR count). The number of carbonyl (C=O) groups excluding carboxylic acids is 3. The zero-order chi connectivity index (χ0) is 97.8. The molecular formula is C89H107F18N13O12S3. The fourth-order valence-electron chi connectivity index (χ4n) is 15.9. The second kappa shape index (κ2) is 49.8. The normalized spacial score (nSPS) is 20.4. The van der Waals surface area contributed by atoms with Crippen LogP contribution in [0.15, 0.2) is 133 Å². The van der Waals surface area contributed by atoms with E-state index in [2.05, 4.69) is 109 Å². The number of thiocarbonyl (C=S) groups is 3. The second-order valence-corrected chi connectivity index (χ2v) is 34.4. The molecule has 3 saturated heterocycles. The first kappa shape index (κ1) is 107. The summed E-state index contributed by atoms with van der Waals surface area (Å²) in [6.07, 6.45) is -22.2. The average molecular weight is 1990 g/mol. The number of Topliss-reactive ketones (excluding diaryl/α,β-unsaturated/α-hetero) is 2. The van der Waals surface area contributed by atoms with E-state index in [1.54, 1.807) is 18.2 Å². The predicted octanol–water partition coefficient (Wildman–Crippen LogP) is 17.5. The summed E-state index contributed by atoms with van der Waals surface area (Å²) in [7, 11) is 6.16. The van der Waals surface area contributed by atoms with Gasteiger partial charge in [0.1, 0.15) is 63.6 Å². The smallest absolute Gasteiger partial charge is 0.490 e. The van der Waals surface area contributed by atoms with E-state index in [4.69, 9.17) is 50.9 Å². The van der Waals surface area contributed by atoms with E-state index >= 15 is 0 Å². The third-order valence-electron chi connectivity index (χ3n) is 22.7. The highest BCUT2D eigenvalue weighted by Crippen LogP contribution is 2.39. The Hall–Kier alpha value is -10.1. The molecule has 744 valence electrons. The Kier molecular flexibility index (Phi) is 39.4. The van der Waals surface area contributed by atoms with E-state index in [1.807, 2.05) is 7.05 Å². The van der Waals surface area contributed by atoms with Crippen molar-refractivity contribution in [3.05, 3.63) is 145 Å². The first-order valence-corrected chi connectivity index (χ1v) is 44.9. The molecule has 135 heavy (non-hydrogen) atoms. The van der Waals surface area contributed by atoms with Gasteiger partial charge in [-0.25, -0.2) is 0 Å². The van der Waals surface area contributed by atoms with Crippen molar-refractivity contribution < 1.29 is 136 Å². The summed E-state index contributed by atoms with van der Waals surface area (Å²) in [6.45, 7) is 13.3. The molecule has 3 heterocycles. The molecule has 46 heteroatoms. The number of hydrogen-bond donors (Lipinski definition) is 7. The summed E-state index contributed by atoms with van der Waals surface area (Å²) in [5.74, 6) is -3.37. The van der Waals surface area contributed by atoms with Crippen molar-refractivity contribution in [2.24, 2.45) is 5.92 Å². The van der Waals surface area contributed by atoms with Crippen molar-refractivity contribution in [1.29, 1.82) is 0 Å². The van der Waals surface area contributed by atoms with Gasteiger partial charge in [-0.15, -0.1) is 79.0 Å². The number of nitrogens with one attached hydrogen (secondary N) is 7. The Morgan fingerprint density at radius 3 is 1.15 bits per heavy atom. The molecule has 3 atom stereocenters. The zero-order valence-corrected chi connectivity index (χ0v) is 76.2. The van der Waals surface area contributed by atoms with Crippen LogP contribution in [0.5, 0.6) is 51.7 Å². The maximum absolute atomic E-state index is 13.5. The lowest BCUT2D eigenvalue weighted by atomic mass is 9.79. The third kappa shape index (κ3) is 39.9. The standard InChI is InChI=1S/2C30H36F6N4O4S.C29H35F6N5O4S/c1-39-14-16-40(17-15-39)13-3-6-26(41)25-19-21(38-28(45)37-20-4-2-5-24(18-20)44-30(34,35)36)7-12-27(25)42-22-8-10-23(11-9-22)43-29(31,32)33;1-39-14-16-40(17-15-39)13-3-6-26(41)25-19-24(44-30(34,35)36)11-12-27(25)42-22-9-7-20(8-10-22)37-28(45)38-21-4-2-5-23(18-21)43-29(31,32)33;1-39-13-15-40(16-14-39)12-11-36-26(41)24-18-22(9-10-25(24)44-29(33,34)35)42-21-7-5-19(6-8-21)37-27(45)38-20-3-2-4-23(17-20)43-28(30,31)32/h2,4-5,8-11,18,21,25,27H,3,6-7,12-17,19H2,1H3,(H2,37,38,45);2,4-5,11-12,18-20,22H,3,6-10,13-17H2,1H3,(H2,37,38,45);2-4,9-10,17-19,21H,5-8,11-16H2,1H3,(H,36,41)(H2,37,38,45). The number of alkyl halides is 18. The molecule has 0 bridgehead atoms. The molecule has 3 unspecified atom stereocenters. The van der Waals surface area contributed by atoms with Crippen LogP contribution in [0.1, 0.15) is 117 Å². The van der Waals surface area contributed by atoms with Gasteiger partial charge in [0.2, 0.25) is 0 Å². The van der Waals surface area contributed by atoms with Crippen molar-refractivity contribution in [3.8, 4) is 51.7 Å². The fourth-order valence-corrected chi connectivity index (χ4v) is 16.8. The quantitative estimate of drug-likeness (QED) is 0.0118. The molecule has 1 amide bonds. The number of hydrogen-bond acceptors (Lipinski definition) is 21. The molecule has 3 aliphatic heterocycles. The maximum Gasteiger partial charge on any atom is 0.573 e. The van der Waals surface area contributed by atoms with Crippen LogP contribution in [-0.4, -0.2) is 263 Å². The number of likely N-dealkylation sites (N-methyl/N-ethyl adjacent to an activating group) is 3. The number of ether oxygens (including phenoxy) is 9. The van der Waals surface area contributed by atoms with Crippen LogP contribution in [0, 0.1) is 5.92 Å². The lowest BCUT2D eigenvalue weighted by molar-refractivity contribution is -0.275. The van der Waals surface area contributed by atoms with Gasteiger partial charge in [-0.05, 0) is 251 Å². The van der Waals surface area contributed by atoms with Gasteiger partial charge in [0.05, 0.1) is 29.3 Å². The number of halogens is 18. The lowest BCUT2D eigenvalue weighted by Gasteiger charge is -2.36. The van der Waals surface area contributed by atoms with Crippen molar-refractivity contribution in [1.82, 2.24) is 50.7 Å². The number of rotatable bonds is 32. The number of nitrogens with zero attached hydrogens (tertiary/aromatic N) is 6. The van der Waals surface area contributed by atoms with Gasteiger partial charge in [0.15, 0.2) is 21.1 Å². The van der Waals surface area contributed by atoms with Gasteiger partial charge in [-0.2, -0.15) is 0 Å². The molecule has 0 radical (unpaired) electrons. The van der Waals surface area contributed by atoms with E-state index in [0.717, 1.165) is 122 Å². The number of carbonyl (C=O) groups is 3. The molecule has 6 fully saturated rings. The minimum atomic E-state index is -4.97. The van der Waals surface area contributed by atoms with E-state index < -0.39 is 73.4 Å². The molecule has 6 aromatic rings. The summed E-state index contributed by atoms with van der Waals surface area (Å²) < 4.78 is 271. The van der Waals surface area contributed by atoms with Crippen molar-refractivity contribution in [3.63, 3.8) is 0 Å². The zero-order valence-electron chi connectivity index (χ0n) is 73.8. The molecule has 3 aliphatic carbocycles. The Morgan fingerprint density at radius 1 is 0.356 bits per heavy atom. The molecule has 25 nitrogen and oxygen atoms in total. The van der Waals surface area contributed by atoms with Gasteiger partial charge >= 0.3 is 38.2 Å². The van der Waals surface area contributed by atoms with Crippen molar-refractivity contribution >= 4 is 86.5 Å². The minimum Gasteiger partial charge on any atom is -0.490 e. The summed E-state index contributed by atoms with van der Waals surface area (Å²) in [6, 6.07) is 27.9. The van der Waals surface area contributed by atoms with Crippen LogP contribution in [0.2, 0.25) is 0 Å². The second-order valence-electron chi connectivity index (χ2n) is 33.2. The highest BCUT2D eigenvalue weighted by molar-refractivity contribution is 7.80. The summed E-state index contributed by atoms with van der Waals surface area (Å²) >= 11 is 16.1. The van der Waals surface area contributed by atoms with Gasteiger partial charge in [-0.1, -0.05) is 18.2 Å². The fraction of sp³-hybridized carbons (Fsp3) is 0.528. The lowest BCUT2D eigenvalue weighted by Crippen LogP contribution is -2.47. The van der Waals surface area contributed by atoms with Gasteiger partial charge < -0.3 is 104 Å². The summed E-state index contributed by atoms with van der Waals surface area (Å²) in [4.78, 5) is 53.1. The number of amides is 1. The number of ketones is 2. The van der Waals surface area contributed by atoms with Gasteiger partial charge in [-0.3, -0.25) is 19.3 Å². The molecule has 7 N–H and O–H groups in total. The number of benzene rings is 6. The first-order chi connectivity index (χ1) is 63.7. The Labute approximate surface area is 784 Å². The Balaban J connectivity index is 0.000000209. The molecule has 6 aliphatic rings. The molecule has 6 aromatic carbocycles. The average Bonchev–Trinajstić information content (AvgIpc) is 0.824. The Bertz CT molecular complexity index is 4800. The molecule has 0 aromatic heterocycles. The first-order valence-electron chi connectivity index (χ1n) is 43.7. The van der Waals surface area contributed by atoms with Crippen LogP contribution in [0.4, 0.5) is 96.1 Å². The summed E-state index contributed by atoms with van der Waals surface area (Å²) in [5.41, 5.74) is 0.714. The van der Waals surface area contributed by atoms with E-state index in [-0.39, 0.29) is 110 Å².